The van der Waals surface area contributed by atoms with Crippen LogP contribution in [0.15, 0.2) is 0 Å². The van der Waals surface area contributed by atoms with Crippen molar-refractivity contribution in [3.8, 4) is 0 Å². The number of rotatable bonds is 6. The highest BCUT2D eigenvalue weighted by molar-refractivity contribution is 5.97. The predicted molar refractivity (Wildman–Crippen MR) is 67.7 cm³/mol. The van der Waals surface area contributed by atoms with Crippen LogP contribution in [-0.2, 0) is 9.59 Å². The molecule has 0 aromatic carbocycles. The summed E-state index contributed by atoms with van der Waals surface area (Å²) in [5.41, 5.74) is -0.553. The van der Waals surface area contributed by atoms with E-state index in [4.69, 9.17) is 0 Å². The summed E-state index contributed by atoms with van der Waals surface area (Å²) >= 11 is 0. The third kappa shape index (κ3) is 4.75. The average molecular weight is 243 g/mol. The van der Waals surface area contributed by atoms with Crippen LogP contribution >= 0.6 is 0 Å². The van der Waals surface area contributed by atoms with Gasteiger partial charge < -0.3 is 10.0 Å². The van der Waals surface area contributed by atoms with Crippen molar-refractivity contribution in [3.63, 3.8) is 0 Å². The third-order valence-corrected chi connectivity index (χ3v) is 2.83. The van der Waals surface area contributed by atoms with Gasteiger partial charge in [-0.1, -0.05) is 34.1 Å². The maximum Gasteiger partial charge on any atom is 0.316 e. The molecular formula is C13H25NO3. The second-order valence-electron chi connectivity index (χ2n) is 5.41. The number of hydrogen-bond donors (Lipinski definition) is 1. The van der Waals surface area contributed by atoms with E-state index in [2.05, 4.69) is 6.92 Å². The first-order valence-corrected chi connectivity index (χ1v) is 6.27. The van der Waals surface area contributed by atoms with Crippen molar-refractivity contribution in [3.05, 3.63) is 0 Å². The lowest BCUT2D eigenvalue weighted by atomic mass is 9.80. The molecule has 0 aliphatic carbocycles. The largest absolute Gasteiger partial charge is 0.481 e. The number of aliphatic carboxylic acids is 1. The van der Waals surface area contributed by atoms with Gasteiger partial charge in [-0.15, -0.1) is 0 Å². The minimum absolute atomic E-state index is 0.263. The summed E-state index contributed by atoms with van der Waals surface area (Å²) in [6, 6.07) is 0. The summed E-state index contributed by atoms with van der Waals surface area (Å²) in [5.74, 6) is -2.25. The predicted octanol–water partition coefficient (Wildman–Crippen LogP) is 2.38. The van der Waals surface area contributed by atoms with E-state index in [1.807, 2.05) is 6.92 Å². The molecule has 4 heteroatoms. The number of unbranched alkanes of at least 4 members (excludes halogenated alkanes) is 1. The Morgan fingerprint density at radius 1 is 1.24 bits per heavy atom. The summed E-state index contributed by atoms with van der Waals surface area (Å²) in [6.45, 7) is 10.5. The van der Waals surface area contributed by atoms with Gasteiger partial charge in [-0.3, -0.25) is 9.59 Å². The standard InChI is InChI=1S/C13H25NO3/c1-6-8-9-14(7-2)11(15)10(12(16)17)13(3,4)5/h10H,6-9H2,1-5H3,(H,16,17). The van der Waals surface area contributed by atoms with Crippen molar-refractivity contribution in [2.75, 3.05) is 13.1 Å². The second-order valence-corrected chi connectivity index (χ2v) is 5.41. The highest BCUT2D eigenvalue weighted by atomic mass is 16.4. The van der Waals surface area contributed by atoms with E-state index in [1.165, 1.54) is 0 Å². The molecule has 0 radical (unpaired) electrons. The molecule has 0 rings (SSSR count). The molecule has 1 amide bonds. The molecule has 0 bridgehead atoms. The summed E-state index contributed by atoms with van der Waals surface area (Å²) in [7, 11) is 0. The van der Waals surface area contributed by atoms with Gasteiger partial charge >= 0.3 is 5.97 Å². The zero-order valence-electron chi connectivity index (χ0n) is 11.6. The SMILES string of the molecule is CCCCN(CC)C(=O)C(C(=O)O)C(C)(C)C. The fourth-order valence-corrected chi connectivity index (χ4v) is 1.80. The molecule has 17 heavy (non-hydrogen) atoms. The summed E-state index contributed by atoms with van der Waals surface area (Å²) in [4.78, 5) is 25.1. The van der Waals surface area contributed by atoms with Gasteiger partial charge in [0.1, 0.15) is 5.92 Å². The van der Waals surface area contributed by atoms with Crippen LogP contribution in [0.2, 0.25) is 0 Å². The Labute approximate surface area is 104 Å². The lowest BCUT2D eigenvalue weighted by molar-refractivity contribution is -0.156. The van der Waals surface area contributed by atoms with E-state index in [9.17, 15) is 14.7 Å². The Morgan fingerprint density at radius 2 is 1.76 bits per heavy atom. The first-order chi connectivity index (χ1) is 7.75. The Hall–Kier alpha value is -1.06. The highest BCUT2D eigenvalue weighted by Crippen LogP contribution is 2.28. The van der Waals surface area contributed by atoms with Gasteiger partial charge in [-0.25, -0.2) is 0 Å². The molecule has 0 aliphatic rings. The van der Waals surface area contributed by atoms with Crippen LogP contribution in [0, 0.1) is 11.3 Å². The maximum atomic E-state index is 12.2. The summed E-state index contributed by atoms with van der Waals surface area (Å²) in [6.07, 6.45) is 1.91. The lowest BCUT2D eigenvalue weighted by Crippen LogP contribution is -2.45. The monoisotopic (exact) mass is 243 g/mol. The van der Waals surface area contributed by atoms with Crippen LogP contribution in [0.1, 0.15) is 47.5 Å². The first-order valence-electron chi connectivity index (χ1n) is 6.27. The molecule has 1 unspecified atom stereocenters. The minimum Gasteiger partial charge on any atom is -0.481 e. The Morgan fingerprint density at radius 3 is 2.06 bits per heavy atom. The molecule has 0 aliphatic heterocycles. The number of carboxylic acids is 1. The number of amides is 1. The molecule has 0 heterocycles. The van der Waals surface area contributed by atoms with Crippen molar-refractivity contribution in [1.29, 1.82) is 0 Å². The van der Waals surface area contributed by atoms with Gasteiger partial charge in [0.15, 0.2) is 0 Å². The van der Waals surface area contributed by atoms with Crippen LogP contribution in [0.3, 0.4) is 0 Å². The quantitative estimate of drug-likeness (QED) is 0.729. The van der Waals surface area contributed by atoms with Gasteiger partial charge in [0.25, 0.3) is 0 Å². The number of carbonyl (C=O) groups is 2. The molecule has 1 N–H and O–H groups in total. The van der Waals surface area contributed by atoms with Gasteiger partial charge in [-0.2, -0.15) is 0 Å². The van der Waals surface area contributed by atoms with Gasteiger partial charge in [-0.05, 0) is 18.8 Å². The van der Waals surface area contributed by atoms with E-state index in [0.29, 0.717) is 13.1 Å². The van der Waals surface area contributed by atoms with Crippen LogP contribution in [0.4, 0.5) is 0 Å². The van der Waals surface area contributed by atoms with Crippen LogP contribution in [0.5, 0.6) is 0 Å². The van der Waals surface area contributed by atoms with Crippen LogP contribution in [0.25, 0.3) is 0 Å². The molecule has 1 atom stereocenters. The fourth-order valence-electron chi connectivity index (χ4n) is 1.80. The third-order valence-electron chi connectivity index (χ3n) is 2.83. The maximum absolute atomic E-state index is 12.2. The van der Waals surface area contributed by atoms with E-state index in [0.717, 1.165) is 12.8 Å². The number of nitrogens with zero attached hydrogens (tertiary/aromatic N) is 1. The van der Waals surface area contributed by atoms with Crippen LogP contribution < -0.4 is 0 Å². The second kappa shape index (κ2) is 6.62. The zero-order valence-corrected chi connectivity index (χ0v) is 11.6. The molecule has 0 aromatic rings. The summed E-state index contributed by atoms with van der Waals surface area (Å²) in [5, 5.41) is 9.20. The summed E-state index contributed by atoms with van der Waals surface area (Å²) < 4.78 is 0. The van der Waals surface area contributed by atoms with E-state index in [1.54, 1.807) is 25.7 Å². The van der Waals surface area contributed by atoms with Crippen molar-refractivity contribution < 1.29 is 14.7 Å². The molecule has 0 fully saturated rings. The van der Waals surface area contributed by atoms with E-state index in [-0.39, 0.29) is 5.91 Å². The number of hydrogen-bond acceptors (Lipinski definition) is 2. The van der Waals surface area contributed by atoms with E-state index < -0.39 is 17.3 Å². The van der Waals surface area contributed by atoms with Crippen molar-refractivity contribution >= 4 is 11.9 Å². The fraction of sp³-hybridized carbons (Fsp3) is 0.846. The molecule has 4 nitrogen and oxygen atoms in total. The molecule has 100 valence electrons. The average Bonchev–Trinajstić information content (AvgIpc) is 2.15. The molecule has 0 saturated carbocycles. The first kappa shape index (κ1) is 15.9. The van der Waals surface area contributed by atoms with Crippen molar-refractivity contribution in [2.24, 2.45) is 11.3 Å². The van der Waals surface area contributed by atoms with Crippen molar-refractivity contribution in [1.82, 2.24) is 4.90 Å². The highest BCUT2D eigenvalue weighted by Gasteiger charge is 2.39. The molecule has 0 aromatic heterocycles. The molecule has 0 spiro atoms. The lowest BCUT2D eigenvalue weighted by Gasteiger charge is -2.31. The Kier molecular flexibility index (Phi) is 6.21. The normalized spacial score (nSPS) is 13.2. The number of carboxylic acid groups (broad SMARTS) is 1. The van der Waals surface area contributed by atoms with Gasteiger partial charge in [0, 0.05) is 13.1 Å². The molecular weight excluding hydrogens is 218 g/mol. The van der Waals surface area contributed by atoms with Crippen LogP contribution in [-0.4, -0.2) is 35.0 Å². The molecule has 0 saturated heterocycles. The van der Waals surface area contributed by atoms with Gasteiger partial charge in [0.05, 0.1) is 0 Å². The topological polar surface area (TPSA) is 57.6 Å². The Balaban J connectivity index is 4.87. The van der Waals surface area contributed by atoms with E-state index >= 15 is 0 Å². The zero-order chi connectivity index (χ0) is 13.6. The van der Waals surface area contributed by atoms with Crippen molar-refractivity contribution in [2.45, 2.75) is 47.5 Å². The number of carbonyl (C=O) groups excluding carboxylic acids is 1. The minimum atomic E-state index is -1.03. The smallest absolute Gasteiger partial charge is 0.316 e. The van der Waals surface area contributed by atoms with Gasteiger partial charge in [0.2, 0.25) is 5.91 Å². The Bertz CT molecular complexity index is 268.